The molecule has 4 rings (SSSR count). The molecule has 2 N–H and O–H groups in total. The molecule has 1 aliphatic carbocycles. The maximum absolute atomic E-state index is 13.1. The summed E-state index contributed by atoms with van der Waals surface area (Å²) in [4.78, 5) is 36.7. The second-order valence-corrected chi connectivity index (χ2v) is 7.74. The molecule has 0 saturated heterocycles. The number of aryl methyl sites for hydroxylation is 2. The van der Waals surface area contributed by atoms with Gasteiger partial charge in [-0.1, -0.05) is 18.2 Å². The van der Waals surface area contributed by atoms with Gasteiger partial charge in [-0.2, -0.15) is 0 Å². The lowest BCUT2D eigenvalue weighted by Crippen LogP contribution is -2.42. The van der Waals surface area contributed by atoms with Gasteiger partial charge < -0.3 is 10.6 Å². The van der Waals surface area contributed by atoms with Gasteiger partial charge in [0.2, 0.25) is 0 Å². The predicted molar refractivity (Wildman–Crippen MR) is 117 cm³/mol. The Morgan fingerprint density at radius 3 is 2.39 bits per heavy atom. The van der Waals surface area contributed by atoms with E-state index < -0.39 is 11.8 Å². The quantitative estimate of drug-likeness (QED) is 0.637. The Kier molecular flexibility index (Phi) is 5.46. The number of aromatic nitrogens is 2. The smallest absolute Gasteiger partial charge is 0.328 e. The van der Waals surface area contributed by atoms with Gasteiger partial charge in [-0.3, -0.25) is 18.7 Å². The Morgan fingerprint density at radius 2 is 1.71 bits per heavy atom. The molecule has 3 aromatic rings. The first-order valence-corrected chi connectivity index (χ1v) is 10.1. The van der Waals surface area contributed by atoms with Crippen LogP contribution in [0.15, 0.2) is 53.3 Å². The highest BCUT2D eigenvalue weighted by molar-refractivity contribution is 6.39. The summed E-state index contributed by atoms with van der Waals surface area (Å²) in [5, 5.41) is 5.36. The van der Waals surface area contributed by atoms with Crippen molar-refractivity contribution in [1.82, 2.24) is 14.5 Å². The molecule has 160 valence electrons. The maximum atomic E-state index is 13.1. The SMILES string of the molecule is Cn1c(=O)n(C)c2cc(NC(=O)C(=O)NC3CC=C(c4ccc(F)cc4)CC3)ccc21. The van der Waals surface area contributed by atoms with E-state index in [1.807, 2.05) is 6.08 Å². The van der Waals surface area contributed by atoms with E-state index in [9.17, 15) is 18.8 Å². The summed E-state index contributed by atoms with van der Waals surface area (Å²) >= 11 is 0. The second kappa shape index (κ2) is 8.22. The highest BCUT2D eigenvalue weighted by Crippen LogP contribution is 2.27. The van der Waals surface area contributed by atoms with Crippen molar-refractivity contribution in [2.45, 2.75) is 25.3 Å². The third-order valence-corrected chi connectivity index (χ3v) is 5.70. The van der Waals surface area contributed by atoms with Gasteiger partial charge in [-0.25, -0.2) is 9.18 Å². The number of hydrogen-bond acceptors (Lipinski definition) is 3. The molecular weight excluding hydrogens is 399 g/mol. The van der Waals surface area contributed by atoms with Crippen LogP contribution in [0.4, 0.5) is 10.1 Å². The van der Waals surface area contributed by atoms with Gasteiger partial charge in [0, 0.05) is 25.8 Å². The Labute approximate surface area is 178 Å². The largest absolute Gasteiger partial charge is 0.345 e. The van der Waals surface area contributed by atoms with Crippen molar-refractivity contribution in [2.24, 2.45) is 14.1 Å². The molecule has 0 saturated carbocycles. The number of fused-ring (bicyclic) bond motifs is 1. The first-order chi connectivity index (χ1) is 14.8. The van der Waals surface area contributed by atoms with Crippen molar-refractivity contribution >= 4 is 34.1 Å². The van der Waals surface area contributed by atoms with E-state index >= 15 is 0 Å². The molecule has 8 heteroatoms. The number of carbonyl (C=O) groups excluding carboxylic acids is 2. The number of nitrogens with one attached hydrogen (secondary N) is 2. The van der Waals surface area contributed by atoms with Crippen LogP contribution in [0.25, 0.3) is 16.6 Å². The topological polar surface area (TPSA) is 85.1 Å². The number of carbonyl (C=O) groups is 2. The lowest BCUT2D eigenvalue weighted by molar-refractivity contribution is -0.136. The van der Waals surface area contributed by atoms with E-state index in [1.165, 1.54) is 21.3 Å². The summed E-state index contributed by atoms with van der Waals surface area (Å²) in [5.74, 6) is -1.73. The standard InChI is InChI=1S/C23H23FN4O3/c1-27-19-12-11-18(13-20(19)28(2)23(27)31)26-22(30)21(29)25-17-9-5-15(6-10-17)14-3-7-16(24)8-4-14/h3-5,7-8,11-13,17H,6,9-10H2,1-2H3,(H,25,29)(H,26,30). The van der Waals surface area contributed by atoms with Crippen LogP contribution in [0.5, 0.6) is 0 Å². The van der Waals surface area contributed by atoms with Gasteiger partial charge in [-0.15, -0.1) is 0 Å². The molecular formula is C23H23FN4O3. The van der Waals surface area contributed by atoms with Crippen LogP contribution in [-0.4, -0.2) is 27.0 Å². The van der Waals surface area contributed by atoms with Crippen molar-refractivity contribution in [2.75, 3.05) is 5.32 Å². The van der Waals surface area contributed by atoms with Crippen LogP contribution >= 0.6 is 0 Å². The number of halogens is 1. The summed E-state index contributed by atoms with van der Waals surface area (Å²) < 4.78 is 16.1. The van der Waals surface area contributed by atoms with Gasteiger partial charge >= 0.3 is 17.5 Å². The second-order valence-electron chi connectivity index (χ2n) is 7.74. The fourth-order valence-electron chi connectivity index (χ4n) is 3.91. The molecule has 0 spiro atoms. The molecule has 2 aromatic carbocycles. The number of imidazole rings is 1. The Balaban J connectivity index is 1.38. The minimum absolute atomic E-state index is 0.139. The lowest BCUT2D eigenvalue weighted by Gasteiger charge is -2.23. The number of rotatable bonds is 3. The van der Waals surface area contributed by atoms with Crippen molar-refractivity contribution in [3.63, 3.8) is 0 Å². The van der Waals surface area contributed by atoms with Crippen LogP contribution in [0.3, 0.4) is 0 Å². The number of hydrogen-bond donors (Lipinski definition) is 2. The highest BCUT2D eigenvalue weighted by Gasteiger charge is 2.21. The molecule has 1 aromatic heterocycles. The lowest BCUT2D eigenvalue weighted by atomic mass is 9.90. The maximum Gasteiger partial charge on any atom is 0.328 e. The number of nitrogens with zero attached hydrogens (tertiary/aromatic N) is 2. The number of anilines is 1. The first kappa shape index (κ1) is 20.6. The van der Waals surface area contributed by atoms with Gasteiger partial charge in [0.25, 0.3) is 0 Å². The van der Waals surface area contributed by atoms with E-state index in [4.69, 9.17) is 0 Å². The Bertz CT molecular complexity index is 1250. The molecule has 2 amide bonds. The normalized spacial score (nSPS) is 16.1. The molecule has 1 heterocycles. The highest BCUT2D eigenvalue weighted by atomic mass is 19.1. The minimum Gasteiger partial charge on any atom is -0.345 e. The summed E-state index contributed by atoms with van der Waals surface area (Å²) in [5.41, 5.74) is 3.75. The average Bonchev–Trinajstić information content (AvgIpc) is 2.98. The zero-order chi connectivity index (χ0) is 22.1. The Morgan fingerprint density at radius 1 is 1.00 bits per heavy atom. The van der Waals surface area contributed by atoms with E-state index in [2.05, 4.69) is 10.6 Å². The number of amides is 2. The van der Waals surface area contributed by atoms with Gasteiger partial charge in [0.1, 0.15) is 5.82 Å². The van der Waals surface area contributed by atoms with E-state index in [-0.39, 0.29) is 17.5 Å². The average molecular weight is 422 g/mol. The minimum atomic E-state index is -0.756. The number of allylic oxidation sites excluding steroid dienone is 1. The first-order valence-electron chi connectivity index (χ1n) is 10.1. The summed E-state index contributed by atoms with van der Waals surface area (Å²) in [6, 6.07) is 11.3. The molecule has 1 aliphatic rings. The predicted octanol–water partition coefficient (Wildman–Crippen LogP) is 2.71. The monoisotopic (exact) mass is 422 g/mol. The fraction of sp³-hybridized carbons (Fsp3) is 0.261. The molecule has 0 bridgehead atoms. The van der Waals surface area contributed by atoms with Crippen LogP contribution in [0.1, 0.15) is 24.8 Å². The molecule has 7 nitrogen and oxygen atoms in total. The third kappa shape index (κ3) is 4.14. The van der Waals surface area contributed by atoms with Crippen LogP contribution < -0.4 is 16.3 Å². The van der Waals surface area contributed by atoms with Crippen molar-refractivity contribution in [1.29, 1.82) is 0 Å². The number of benzene rings is 2. The molecule has 31 heavy (non-hydrogen) atoms. The third-order valence-electron chi connectivity index (χ3n) is 5.70. The van der Waals surface area contributed by atoms with Crippen molar-refractivity contribution in [3.05, 3.63) is 70.4 Å². The molecule has 1 unspecified atom stereocenters. The van der Waals surface area contributed by atoms with Crippen LogP contribution in [0.2, 0.25) is 0 Å². The molecule has 0 fully saturated rings. The summed E-state index contributed by atoms with van der Waals surface area (Å²) in [7, 11) is 3.33. The van der Waals surface area contributed by atoms with E-state index in [0.717, 1.165) is 23.1 Å². The zero-order valence-electron chi connectivity index (χ0n) is 17.3. The molecule has 0 radical (unpaired) electrons. The fourth-order valence-corrected chi connectivity index (χ4v) is 3.91. The summed E-state index contributed by atoms with van der Waals surface area (Å²) in [6.45, 7) is 0. The van der Waals surface area contributed by atoms with E-state index in [0.29, 0.717) is 24.0 Å². The van der Waals surface area contributed by atoms with E-state index in [1.54, 1.807) is 44.4 Å². The van der Waals surface area contributed by atoms with Crippen LogP contribution in [-0.2, 0) is 23.7 Å². The molecule has 1 atom stereocenters. The Hall–Kier alpha value is -3.68. The van der Waals surface area contributed by atoms with Gasteiger partial charge in [0.05, 0.1) is 11.0 Å². The van der Waals surface area contributed by atoms with Crippen molar-refractivity contribution < 1.29 is 14.0 Å². The van der Waals surface area contributed by atoms with Gasteiger partial charge in [-0.05, 0) is 60.7 Å². The van der Waals surface area contributed by atoms with Crippen LogP contribution in [0, 0.1) is 5.82 Å². The molecule has 0 aliphatic heterocycles. The van der Waals surface area contributed by atoms with Crippen molar-refractivity contribution in [3.8, 4) is 0 Å². The zero-order valence-corrected chi connectivity index (χ0v) is 17.3. The summed E-state index contributed by atoms with van der Waals surface area (Å²) in [6.07, 6.45) is 4.05. The van der Waals surface area contributed by atoms with Gasteiger partial charge in [0.15, 0.2) is 0 Å².